The Morgan fingerprint density at radius 2 is 1.59 bits per heavy atom. The summed E-state index contributed by atoms with van der Waals surface area (Å²) < 4.78 is 50.2. The van der Waals surface area contributed by atoms with Gasteiger partial charge in [-0.1, -0.05) is 30.3 Å². The molecule has 32 heavy (non-hydrogen) atoms. The second kappa shape index (κ2) is 11.4. The van der Waals surface area contributed by atoms with Gasteiger partial charge < -0.3 is 24.3 Å². The van der Waals surface area contributed by atoms with Gasteiger partial charge in [-0.3, -0.25) is 18.6 Å². The van der Waals surface area contributed by atoms with Gasteiger partial charge in [0, 0.05) is 20.8 Å². The fourth-order valence-electron chi connectivity index (χ4n) is 3.18. The molecule has 5 unspecified atom stereocenters. The van der Waals surface area contributed by atoms with Crippen LogP contribution in [-0.2, 0) is 54.2 Å². The van der Waals surface area contributed by atoms with Gasteiger partial charge in [-0.05, 0) is 5.56 Å². The average Bonchev–Trinajstić information content (AvgIpc) is 2.68. The van der Waals surface area contributed by atoms with Gasteiger partial charge in [-0.2, -0.15) is 8.42 Å². The number of amides is 1. The molecule has 0 radical (unpaired) electrons. The number of carbonyl (C=O) groups is 3. The molecular weight excluding hydrogens is 446 g/mol. The molecule has 1 amide bonds. The Kier molecular flexibility index (Phi) is 9.13. The molecule has 12 heteroatoms. The Bertz CT molecular complexity index is 904. The molecule has 1 saturated heterocycles. The summed E-state index contributed by atoms with van der Waals surface area (Å²) in [6.45, 7) is 3.06. The molecule has 0 bridgehead atoms. The lowest BCUT2D eigenvalue weighted by Gasteiger charge is -2.45. The molecule has 0 spiro atoms. The summed E-state index contributed by atoms with van der Waals surface area (Å²) >= 11 is 0. The summed E-state index contributed by atoms with van der Waals surface area (Å²) in [5, 5.41) is 2.60. The van der Waals surface area contributed by atoms with Crippen LogP contribution in [0.3, 0.4) is 0 Å². The highest BCUT2D eigenvalue weighted by Crippen LogP contribution is 2.28. The molecule has 1 heterocycles. The van der Waals surface area contributed by atoms with E-state index in [2.05, 4.69) is 5.32 Å². The number of carbonyl (C=O) groups excluding carboxylic acids is 3. The highest BCUT2D eigenvalue weighted by Gasteiger charge is 2.51. The van der Waals surface area contributed by atoms with Crippen molar-refractivity contribution in [2.24, 2.45) is 0 Å². The summed E-state index contributed by atoms with van der Waals surface area (Å²) in [5.41, 5.74) is 0.799. The van der Waals surface area contributed by atoms with Crippen LogP contribution in [0, 0.1) is 0 Å². The lowest BCUT2D eigenvalue weighted by Crippen LogP contribution is -2.66. The molecule has 1 aliphatic rings. The summed E-state index contributed by atoms with van der Waals surface area (Å²) in [7, 11) is -3.86. The summed E-state index contributed by atoms with van der Waals surface area (Å²) in [5.74, 6) is -1.92. The molecule has 0 aliphatic carbocycles. The Balaban J connectivity index is 2.38. The van der Waals surface area contributed by atoms with E-state index in [1.54, 1.807) is 0 Å². The molecule has 1 N–H and O–H groups in total. The Labute approximate surface area is 186 Å². The Morgan fingerprint density at radius 3 is 2.12 bits per heavy atom. The first kappa shape index (κ1) is 25.7. The Morgan fingerprint density at radius 1 is 1.00 bits per heavy atom. The summed E-state index contributed by atoms with van der Waals surface area (Å²) in [6.07, 6.45) is -4.01. The van der Waals surface area contributed by atoms with E-state index in [-0.39, 0.29) is 6.61 Å². The zero-order chi connectivity index (χ0) is 23.9. The van der Waals surface area contributed by atoms with Crippen LogP contribution in [-0.4, -0.2) is 69.8 Å². The van der Waals surface area contributed by atoms with Crippen LogP contribution in [0.4, 0.5) is 0 Å². The van der Waals surface area contributed by atoms with E-state index in [4.69, 9.17) is 23.1 Å². The standard InChI is InChI=1S/C20H27NO10S/c1-12(22)21-17-19(30-14(3)24)18(29-13(2)23)16(11-28-32(4,25)26)31-20(17)27-10-15-8-6-5-7-9-15/h5-9,16-20H,10-11H2,1-4H3,(H,21,22). The first-order valence-corrected chi connectivity index (χ1v) is 11.5. The molecule has 2 rings (SSSR count). The van der Waals surface area contributed by atoms with Gasteiger partial charge in [0.15, 0.2) is 18.5 Å². The van der Waals surface area contributed by atoms with E-state index >= 15 is 0 Å². The molecule has 5 atom stereocenters. The fourth-order valence-corrected chi connectivity index (χ4v) is 3.56. The van der Waals surface area contributed by atoms with Crippen molar-refractivity contribution in [2.45, 2.75) is 58.0 Å². The van der Waals surface area contributed by atoms with Crippen molar-refractivity contribution in [3.8, 4) is 0 Å². The third kappa shape index (κ3) is 8.19. The maximum absolute atomic E-state index is 11.9. The summed E-state index contributed by atoms with van der Waals surface area (Å²) in [4.78, 5) is 35.4. The first-order chi connectivity index (χ1) is 15.0. The number of hydrogen-bond acceptors (Lipinski definition) is 10. The smallest absolute Gasteiger partial charge is 0.303 e. The van der Waals surface area contributed by atoms with Gasteiger partial charge in [0.25, 0.3) is 10.1 Å². The number of ether oxygens (including phenoxy) is 4. The van der Waals surface area contributed by atoms with Crippen molar-refractivity contribution < 1.29 is 45.9 Å². The van der Waals surface area contributed by atoms with Crippen LogP contribution in [0.1, 0.15) is 26.3 Å². The first-order valence-electron chi connectivity index (χ1n) is 9.73. The number of esters is 2. The van der Waals surface area contributed by atoms with Gasteiger partial charge in [0.05, 0.1) is 19.5 Å². The van der Waals surface area contributed by atoms with Gasteiger partial charge in [0.1, 0.15) is 12.1 Å². The minimum atomic E-state index is -3.86. The monoisotopic (exact) mass is 473 g/mol. The predicted molar refractivity (Wildman–Crippen MR) is 109 cm³/mol. The van der Waals surface area contributed by atoms with Gasteiger partial charge in [-0.25, -0.2) is 0 Å². The quantitative estimate of drug-likeness (QED) is 0.392. The van der Waals surface area contributed by atoms with Crippen LogP contribution in [0.2, 0.25) is 0 Å². The van der Waals surface area contributed by atoms with Crippen molar-refractivity contribution in [1.29, 1.82) is 0 Å². The number of hydrogen-bond donors (Lipinski definition) is 1. The maximum Gasteiger partial charge on any atom is 0.303 e. The lowest BCUT2D eigenvalue weighted by molar-refractivity contribution is -0.278. The van der Waals surface area contributed by atoms with Crippen molar-refractivity contribution in [3.05, 3.63) is 35.9 Å². The largest absolute Gasteiger partial charge is 0.456 e. The highest BCUT2D eigenvalue weighted by molar-refractivity contribution is 7.85. The minimum Gasteiger partial charge on any atom is -0.456 e. The molecule has 1 aliphatic heterocycles. The van der Waals surface area contributed by atoms with E-state index in [0.717, 1.165) is 25.7 Å². The SMILES string of the molecule is CC(=O)NC1C(OCc2ccccc2)OC(COS(C)(=O)=O)C(OC(C)=O)C1OC(C)=O. The molecule has 178 valence electrons. The number of rotatable bonds is 9. The maximum atomic E-state index is 11.9. The van der Waals surface area contributed by atoms with Crippen LogP contribution in [0.5, 0.6) is 0 Å². The van der Waals surface area contributed by atoms with Crippen molar-refractivity contribution in [3.63, 3.8) is 0 Å². The van der Waals surface area contributed by atoms with Gasteiger partial charge >= 0.3 is 11.9 Å². The molecular formula is C20H27NO10S. The van der Waals surface area contributed by atoms with E-state index in [1.165, 1.54) is 6.92 Å². The van der Waals surface area contributed by atoms with Gasteiger partial charge in [-0.15, -0.1) is 0 Å². The predicted octanol–water partition coefficient (Wildman–Crippen LogP) is 0.272. The average molecular weight is 474 g/mol. The topological polar surface area (TPSA) is 144 Å². The number of nitrogens with one attached hydrogen (secondary N) is 1. The molecule has 1 aromatic rings. The molecule has 1 aromatic carbocycles. The zero-order valence-electron chi connectivity index (χ0n) is 18.2. The van der Waals surface area contributed by atoms with E-state index in [1.807, 2.05) is 30.3 Å². The highest BCUT2D eigenvalue weighted by atomic mass is 32.2. The fraction of sp³-hybridized carbons (Fsp3) is 0.550. The molecule has 1 fully saturated rings. The van der Waals surface area contributed by atoms with E-state index in [0.29, 0.717) is 0 Å². The minimum absolute atomic E-state index is 0.0757. The van der Waals surface area contributed by atoms with Crippen LogP contribution in [0.15, 0.2) is 30.3 Å². The third-order valence-corrected chi connectivity index (χ3v) is 4.89. The normalized spacial score (nSPS) is 25.6. The lowest BCUT2D eigenvalue weighted by atomic mass is 9.96. The number of benzene rings is 1. The van der Waals surface area contributed by atoms with Crippen LogP contribution >= 0.6 is 0 Å². The van der Waals surface area contributed by atoms with E-state index in [9.17, 15) is 22.8 Å². The zero-order valence-corrected chi connectivity index (χ0v) is 19.0. The van der Waals surface area contributed by atoms with Crippen LogP contribution in [0.25, 0.3) is 0 Å². The molecule has 0 saturated carbocycles. The molecule has 11 nitrogen and oxygen atoms in total. The van der Waals surface area contributed by atoms with Crippen molar-refractivity contribution in [1.82, 2.24) is 5.32 Å². The Hall–Kier alpha value is -2.54. The van der Waals surface area contributed by atoms with Gasteiger partial charge in [0.2, 0.25) is 5.91 Å². The molecule has 0 aromatic heterocycles. The van der Waals surface area contributed by atoms with E-state index < -0.39 is 65.2 Å². The summed E-state index contributed by atoms with van der Waals surface area (Å²) in [6, 6.07) is 8.02. The second-order valence-electron chi connectivity index (χ2n) is 7.20. The van der Waals surface area contributed by atoms with Crippen LogP contribution < -0.4 is 5.32 Å². The van der Waals surface area contributed by atoms with Crippen molar-refractivity contribution in [2.75, 3.05) is 12.9 Å². The second-order valence-corrected chi connectivity index (χ2v) is 8.85. The van der Waals surface area contributed by atoms with Crippen molar-refractivity contribution >= 4 is 28.0 Å². The third-order valence-electron chi connectivity index (χ3n) is 4.32.